The summed E-state index contributed by atoms with van der Waals surface area (Å²) in [5.74, 6) is 1.55. The summed E-state index contributed by atoms with van der Waals surface area (Å²) in [6, 6.07) is 0.493. The van der Waals surface area contributed by atoms with Gasteiger partial charge in [0.05, 0.1) is 0 Å². The molecule has 1 saturated heterocycles. The number of aryl methyl sites for hydroxylation is 1. The Morgan fingerprint density at radius 3 is 2.74 bits per heavy atom. The van der Waals surface area contributed by atoms with Crippen LogP contribution in [0.3, 0.4) is 0 Å². The van der Waals surface area contributed by atoms with E-state index in [2.05, 4.69) is 39.2 Å². The van der Waals surface area contributed by atoms with Gasteiger partial charge in [0.15, 0.2) is 0 Å². The fourth-order valence-corrected chi connectivity index (χ4v) is 2.51. The Morgan fingerprint density at radius 2 is 2.00 bits per heavy atom. The van der Waals surface area contributed by atoms with E-state index in [-0.39, 0.29) is 0 Å². The van der Waals surface area contributed by atoms with Crippen molar-refractivity contribution in [1.82, 2.24) is 19.8 Å². The van der Waals surface area contributed by atoms with Crippen LogP contribution in [0.25, 0.3) is 0 Å². The van der Waals surface area contributed by atoms with Crippen molar-refractivity contribution in [2.75, 3.05) is 45.6 Å². The minimum atomic E-state index is 0.493. The van der Waals surface area contributed by atoms with Gasteiger partial charge in [0.2, 0.25) is 0 Å². The lowest BCUT2D eigenvalue weighted by atomic mass is 10.2. The maximum absolute atomic E-state index is 6.08. The molecule has 106 valence electrons. The van der Waals surface area contributed by atoms with E-state index in [0.29, 0.717) is 17.0 Å². The third kappa shape index (κ3) is 3.55. The highest BCUT2D eigenvalue weighted by Gasteiger charge is 2.22. The molecule has 1 unspecified atom stereocenters. The van der Waals surface area contributed by atoms with Crippen LogP contribution in [0, 0.1) is 13.8 Å². The Kier molecular flexibility index (Phi) is 4.60. The van der Waals surface area contributed by atoms with E-state index in [4.69, 9.17) is 11.6 Å². The number of aromatic nitrogens is 2. The van der Waals surface area contributed by atoms with Gasteiger partial charge in [-0.15, -0.1) is 0 Å². The molecular weight excluding hydrogens is 262 g/mol. The first-order chi connectivity index (χ1) is 8.97. The Balaban J connectivity index is 2.02. The molecule has 1 fully saturated rings. The quantitative estimate of drug-likeness (QED) is 0.850. The molecule has 0 aromatic carbocycles. The predicted octanol–water partition coefficient (Wildman–Crippen LogP) is 1.40. The van der Waals surface area contributed by atoms with Crippen molar-refractivity contribution in [2.45, 2.75) is 19.9 Å². The minimum Gasteiger partial charge on any atom is -0.368 e. The molecule has 2 heterocycles. The standard InChI is InChI=1S/C13H22ClN5/c1-9-12(14)16-10(2)17-13(9)15-7-11-8-18(3)5-6-19(11)4/h11H,5-8H2,1-4H3,(H,15,16,17). The first kappa shape index (κ1) is 14.5. The summed E-state index contributed by atoms with van der Waals surface area (Å²) in [5, 5.41) is 3.94. The topological polar surface area (TPSA) is 44.3 Å². The average molecular weight is 284 g/mol. The molecular formula is C13H22ClN5. The molecule has 6 heteroatoms. The Morgan fingerprint density at radius 1 is 1.26 bits per heavy atom. The summed E-state index contributed by atoms with van der Waals surface area (Å²) in [6.45, 7) is 7.97. The van der Waals surface area contributed by atoms with Crippen molar-refractivity contribution in [2.24, 2.45) is 0 Å². The van der Waals surface area contributed by atoms with Crippen LogP contribution in [0.4, 0.5) is 5.82 Å². The molecule has 1 atom stereocenters. The molecule has 2 rings (SSSR count). The number of rotatable bonds is 3. The number of nitrogens with one attached hydrogen (secondary N) is 1. The van der Waals surface area contributed by atoms with Crippen LogP contribution in [0.5, 0.6) is 0 Å². The van der Waals surface area contributed by atoms with Gasteiger partial charge in [-0.05, 0) is 27.9 Å². The lowest BCUT2D eigenvalue weighted by Crippen LogP contribution is -2.52. The first-order valence-electron chi connectivity index (χ1n) is 6.60. The lowest BCUT2D eigenvalue weighted by Gasteiger charge is -2.37. The molecule has 0 spiro atoms. The predicted molar refractivity (Wildman–Crippen MR) is 78.9 cm³/mol. The molecule has 0 radical (unpaired) electrons. The van der Waals surface area contributed by atoms with Crippen LogP contribution >= 0.6 is 11.6 Å². The van der Waals surface area contributed by atoms with Gasteiger partial charge < -0.3 is 10.2 Å². The maximum atomic E-state index is 6.08. The van der Waals surface area contributed by atoms with Crippen LogP contribution in [-0.4, -0.2) is 66.1 Å². The summed E-state index contributed by atoms with van der Waals surface area (Å²) < 4.78 is 0. The van der Waals surface area contributed by atoms with Crippen molar-refractivity contribution in [3.63, 3.8) is 0 Å². The minimum absolute atomic E-state index is 0.493. The van der Waals surface area contributed by atoms with E-state index < -0.39 is 0 Å². The molecule has 19 heavy (non-hydrogen) atoms. The highest BCUT2D eigenvalue weighted by molar-refractivity contribution is 6.30. The van der Waals surface area contributed by atoms with Crippen LogP contribution in [0.2, 0.25) is 5.15 Å². The third-order valence-electron chi connectivity index (χ3n) is 3.68. The monoisotopic (exact) mass is 283 g/mol. The largest absolute Gasteiger partial charge is 0.368 e. The van der Waals surface area contributed by atoms with Crippen molar-refractivity contribution in [3.8, 4) is 0 Å². The summed E-state index contributed by atoms with van der Waals surface area (Å²) in [4.78, 5) is 13.3. The van der Waals surface area contributed by atoms with Crippen LogP contribution in [-0.2, 0) is 0 Å². The summed E-state index contributed by atoms with van der Waals surface area (Å²) >= 11 is 6.08. The second-order valence-electron chi connectivity index (χ2n) is 5.31. The third-order valence-corrected chi connectivity index (χ3v) is 4.05. The molecule has 0 amide bonds. The van der Waals surface area contributed by atoms with Crippen LogP contribution in [0.1, 0.15) is 11.4 Å². The van der Waals surface area contributed by atoms with Crippen molar-refractivity contribution >= 4 is 17.4 Å². The zero-order valence-electron chi connectivity index (χ0n) is 12.1. The zero-order valence-corrected chi connectivity index (χ0v) is 12.8. The second-order valence-corrected chi connectivity index (χ2v) is 5.67. The van der Waals surface area contributed by atoms with Gasteiger partial charge in [0, 0.05) is 37.8 Å². The Bertz CT molecular complexity index is 451. The van der Waals surface area contributed by atoms with E-state index in [1.807, 2.05) is 13.8 Å². The van der Waals surface area contributed by atoms with Gasteiger partial charge in [-0.2, -0.15) is 0 Å². The van der Waals surface area contributed by atoms with Gasteiger partial charge in [-0.25, -0.2) is 9.97 Å². The Hall–Kier alpha value is -0.910. The van der Waals surface area contributed by atoms with Gasteiger partial charge in [-0.3, -0.25) is 4.90 Å². The molecule has 0 bridgehead atoms. The average Bonchev–Trinajstić information content (AvgIpc) is 2.35. The van der Waals surface area contributed by atoms with E-state index in [1.54, 1.807) is 0 Å². The zero-order chi connectivity index (χ0) is 14.0. The van der Waals surface area contributed by atoms with Gasteiger partial charge in [-0.1, -0.05) is 11.6 Å². The SMILES string of the molecule is Cc1nc(Cl)c(C)c(NCC2CN(C)CCN2C)n1. The summed E-state index contributed by atoms with van der Waals surface area (Å²) in [6.07, 6.45) is 0. The number of nitrogens with zero attached hydrogens (tertiary/aromatic N) is 4. The molecule has 0 aliphatic carbocycles. The summed E-state index contributed by atoms with van der Waals surface area (Å²) in [5.41, 5.74) is 0.916. The molecule has 1 aliphatic heterocycles. The van der Waals surface area contributed by atoms with E-state index in [9.17, 15) is 0 Å². The number of hydrogen-bond donors (Lipinski definition) is 1. The molecule has 1 N–H and O–H groups in total. The van der Waals surface area contributed by atoms with Gasteiger partial charge >= 0.3 is 0 Å². The smallest absolute Gasteiger partial charge is 0.137 e. The number of hydrogen-bond acceptors (Lipinski definition) is 5. The molecule has 1 aromatic heterocycles. The summed E-state index contributed by atoms with van der Waals surface area (Å²) in [7, 11) is 4.33. The van der Waals surface area contributed by atoms with Crippen LogP contribution < -0.4 is 5.32 Å². The number of piperazine rings is 1. The second kappa shape index (κ2) is 6.03. The van der Waals surface area contributed by atoms with Gasteiger partial charge in [0.1, 0.15) is 16.8 Å². The van der Waals surface area contributed by atoms with Crippen molar-refractivity contribution in [3.05, 3.63) is 16.5 Å². The van der Waals surface area contributed by atoms with E-state index in [1.165, 1.54) is 0 Å². The molecule has 1 aliphatic rings. The van der Waals surface area contributed by atoms with E-state index in [0.717, 1.165) is 37.6 Å². The molecule has 1 aromatic rings. The number of likely N-dealkylation sites (N-methyl/N-ethyl adjacent to an activating group) is 2. The molecule has 5 nitrogen and oxygen atoms in total. The van der Waals surface area contributed by atoms with Crippen molar-refractivity contribution in [1.29, 1.82) is 0 Å². The van der Waals surface area contributed by atoms with Crippen LogP contribution in [0.15, 0.2) is 0 Å². The normalized spacial score (nSPS) is 21.6. The fourth-order valence-electron chi connectivity index (χ4n) is 2.30. The highest BCUT2D eigenvalue weighted by atomic mass is 35.5. The molecule has 0 saturated carbocycles. The highest BCUT2D eigenvalue weighted by Crippen LogP contribution is 2.19. The lowest BCUT2D eigenvalue weighted by molar-refractivity contribution is 0.122. The number of anilines is 1. The number of halogens is 1. The van der Waals surface area contributed by atoms with Crippen molar-refractivity contribution < 1.29 is 0 Å². The van der Waals surface area contributed by atoms with E-state index >= 15 is 0 Å². The maximum Gasteiger partial charge on any atom is 0.137 e. The first-order valence-corrected chi connectivity index (χ1v) is 6.98. The fraction of sp³-hybridized carbons (Fsp3) is 0.692. The Labute approximate surface area is 120 Å². The van der Waals surface area contributed by atoms with Gasteiger partial charge in [0.25, 0.3) is 0 Å².